The van der Waals surface area contributed by atoms with E-state index in [-0.39, 0.29) is 35.4 Å². The van der Waals surface area contributed by atoms with Crippen molar-refractivity contribution >= 4 is 39.3 Å². The highest BCUT2D eigenvalue weighted by molar-refractivity contribution is 7.83. The molecule has 2 bridgehead atoms. The normalized spacial score (nSPS) is 31.2. The Morgan fingerprint density at radius 3 is 2.78 bits per heavy atom. The van der Waals surface area contributed by atoms with E-state index in [0.29, 0.717) is 49.2 Å². The molecule has 1 aromatic heterocycles. The average Bonchev–Trinajstić information content (AvgIpc) is 3.71. The Labute approximate surface area is 263 Å². The third-order valence-corrected chi connectivity index (χ3v) is 12.0. The number of hydrogen-bond donors (Lipinski definition) is 2. The molecule has 3 unspecified atom stereocenters. The van der Waals surface area contributed by atoms with E-state index in [1.54, 1.807) is 12.1 Å². The van der Waals surface area contributed by atoms with E-state index >= 15 is 0 Å². The molecule has 1 aliphatic carbocycles. The van der Waals surface area contributed by atoms with Gasteiger partial charge in [0.05, 0.1) is 42.2 Å². The molecule has 5 fully saturated rings. The SMILES string of the molecule is O=S1c2c(nc(OC[C@@]34CCCN3C[C@H](F)C4)nc2N2C3CNCC2COC3)C=C(c2cc(O)cc3ccccc23)N1C1CC1. The molecule has 3 aromatic rings. The van der Waals surface area contributed by atoms with Crippen molar-refractivity contribution in [2.45, 2.75) is 66.8 Å². The van der Waals surface area contributed by atoms with E-state index in [4.69, 9.17) is 19.4 Å². The van der Waals surface area contributed by atoms with Gasteiger partial charge >= 0.3 is 6.01 Å². The summed E-state index contributed by atoms with van der Waals surface area (Å²) in [5, 5.41) is 16.1. The molecular formula is C33H37FN6O4S. The van der Waals surface area contributed by atoms with Crippen LogP contribution in [0.3, 0.4) is 0 Å². The first-order valence-electron chi connectivity index (χ1n) is 16.1. The summed E-state index contributed by atoms with van der Waals surface area (Å²) in [6, 6.07) is 11.8. The van der Waals surface area contributed by atoms with E-state index < -0.39 is 17.2 Å². The highest BCUT2D eigenvalue weighted by Crippen LogP contribution is 2.47. The van der Waals surface area contributed by atoms with E-state index in [2.05, 4.69) is 15.1 Å². The lowest BCUT2D eigenvalue weighted by Gasteiger charge is -2.47. The number of piperazine rings is 1. The fourth-order valence-corrected chi connectivity index (χ4v) is 9.79. The van der Waals surface area contributed by atoms with Gasteiger partial charge in [-0.1, -0.05) is 24.3 Å². The predicted octanol–water partition coefficient (Wildman–Crippen LogP) is 3.47. The Balaban J connectivity index is 1.20. The molecule has 12 heteroatoms. The van der Waals surface area contributed by atoms with Crippen molar-refractivity contribution in [2.24, 2.45) is 0 Å². The van der Waals surface area contributed by atoms with Crippen molar-refractivity contribution < 1.29 is 23.2 Å². The zero-order valence-corrected chi connectivity index (χ0v) is 25.8. The summed E-state index contributed by atoms with van der Waals surface area (Å²) in [5.74, 6) is 0.784. The highest BCUT2D eigenvalue weighted by Gasteiger charge is 2.50. The summed E-state index contributed by atoms with van der Waals surface area (Å²) < 4.78 is 43.8. The number of aromatic hydroxyl groups is 1. The number of anilines is 1. The Bertz CT molecular complexity index is 1710. The van der Waals surface area contributed by atoms with Gasteiger partial charge in [-0.3, -0.25) is 9.21 Å². The van der Waals surface area contributed by atoms with Crippen LogP contribution in [-0.2, 0) is 15.7 Å². The van der Waals surface area contributed by atoms with Crippen LogP contribution in [-0.4, -0.2) is 104 Å². The van der Waals surface area contributed by atoms with Crippen LogP contribution < -0.4 is 15.0 Å². The van der Waals surface area contributed by atoms with Crippen LogP contribution in [0.4, 0.5) is 10.2 Å². The number of ether oxygens (including phenoxy) is 2. The van der Waals surface area contributed by atoms with Crippen LogP contribution in [0.15, 0.2) is 41.3 Å². The minimum atomic E-state index is -1.60. The quantitative estimate of drug-likeness (QED) is 0.423. The van der Waals surface area contributed by atoms with Crippen LogP contribution in [0, 0.1) is 0 Å². The molecule has 4 saturated heterocycles. The van der Waals surface area contributed by atoms with Crippen molar-refractivity contribution in [3.63, 3.8) is 0 Å². The predicted molar refractivity (Wildman–Crippen MR) is 169 cm³/mol. The fourth-order valence-electron chi connectivity index (χ4n) is 8.19. The number of aromatic nitrogens is 2. The summed E-state index contributed by atoms with van der Waals surface area (Å²) >= 11 is 0. The molecule has 0 amide bonds. The summed E-state index contributed by atoms with van der Waals surface area (Å²) in [5.41, 5.74) is 1.80. The van der Waals surface area contributed by atoms with Gasteiger partial charge in [-0.2, -0.15) is 9.97 Å². The molecule has 6 aliphatic rings. The number of hydrogen-bond acceptors (Lipinski definition) is 9. The molecule has 9 rings (SSSR count). The van der Waals surface area contributed by atoms with Gasteiger partial charge in [0.25, 0.3) is 0 Å². The van der Waals surface area contributed by atoms with E-state index in [1.165, 1.54) is 0 Å². The third-order valence-electron chi connectivity index (χ3n) is 10.4. The number of halogens is 1. The molecule has 5 aliphatic heterocycles. The monoisotopic (exact) mass is 632 g/mol. The van der Waals surface area contributed by atoms with E-state index in [9.17, 15) is 13.7 Å². The minimum Gasteiger partial charge on any atom is -0.508 e. The Morgan fingerprint density at radius 1 is 1.13 bits per heavy atom. The van der Waals surface area contributed by atoms with Crippen LogP contribution in [0.1, 0.15) is 43.4 Å². The number of rotatable bonds is 6. The Morgan fingerprint density at radius 2 is 1.96 bits per heavy atom. The highest BCUT2D eigenvalue weighted by atomic mass is 32.2. The van der Waals surface area contributed by atoms with Crippen LogP contribution in [0.2, 0.25) is 0 Å². The number of fused-ring (bicyclic) bond motifs is 5. The number of nitrogens with zero attached hydrogens (tertiary/aromatic N) is 5. The van der Waals surface area contributed by atoms with Crippen molar-refractivity contribution in [1.29, 1.82) is 0 Å². The number of phenolic OH excluding ortho intramolecular Hbond substituents is 1. The molecule has 236 valence electrons. The Hall–Kier alpha value is -3.32. The van der Waals surface area contributed by atoms with Gasteiger partial charge in [-0.05, 0) is 61.2 Å². The molecule has 10 nitrogen and oxygen atoms in total. The largest absolute Gasteiger partial charge is 0.508 e. The standard InChI is InChI=1S/C33H37FN6O4S/c34-21-13-33(8-3-9-38(33)16-21)19-44-32-36-28-12-29(27-11-25(41)10-20-4-1-2-5-26(20)27)40(22-6-7-22)45(42)30(28)31(37-32)39-23-14-35-15-24(39)18-43-17-23/h1-2,4-5,10-12,21-24,35,41H,3,6-9,13-19H2/t21-,23?,24?,33+,45?/m1/s1. The smallest absolute Gasteiger partial charge is 0.319 e. The number of benzene rings is 2. The first kappa shape index (κ1) is 27.9. The van der Waals surface area contributed by atoms with Crippen LogP contribution >= 0.6 is 0 Å². The topological polar surface area (TPSA) is 103 Å². The first-order chi connectivity index (χ1) is 22.0. The van der Waals surface area contributed by atoms with Gasteiger partial charge in [0.1, 0.15) is 23.4 Å². The molecule has 2 N–H and O–H groups in total. The van der Waals surface area contributed by atoms with Crippen LogP contribution in [0.25, 0.3) is 22.5 Å². The number of nitrogens with one attached hydrogen (secondary N) is 1. The maximum Gasteiger partial charge on any atom is 0.319 e. The summed E-state index contributed by atoms with van der Waals surface area (Å²) in [4.78, 5) is 15.0. The molecule has 2 aromatic carbocycles. The van der Waals surface area contributed by atoms with Crippen molar-refractivity contribution in [1.82, 2.24) is 24.5 Å². The molecule has 0 radical (unpaired) electrons. The van der Waals surface area contributed by atoms with Gasteiger partial charge in [0, 0.05) is 37.7 Å². The van der Waals surface area contributed by atoms with Gasteiger partial charge < -0.3 is 24.8 Å². The van der Waals surface area contributed by atoms with Gasteiger partial charge in [0.15, 0.2) is 16.8 Å². The van der Waals surface area contributed by atoms with Gasteiger partial charge in [-0.25, -0.2) is 8.60 Å². The summed E-state index contributed by atoms with van der Waals surface area (Å²) in [6.45, 7) is 4.20. The van der Waals surface area contributed by atoms with Gasteiger partial charge in [-0.15, -0.1) is 0 Å². The van der Waals surface area contributed by atoms with Crippen molar-refractivity contribution in [3.8, 4) is 11.8 Å². The molecular weight excluding hydrogens is 595 g/mol. The maximum absolute atomic E-state index is 14.8. The molecule has 45 heavy (non-hydrogen) atoms. The number of phenols is 1. The molecule has 0 spiro atoms. The van der Waals surface area contributed by atoms with Crippen molar-refractivity contribution in [3.05, 3.63) is 47.7 Å². The lowest BCUT2D eigenvalue weighted by atomic mass is 9.95. The number of morpholine rings is 1. The number of alkyl halides is 1. The summed E-state index contributed by atoms with van der Waals surface area (Å²) in [7, 11) is -1.60. The van der Waals surface area contributed by atoms with E-state index in [0.717, 1.165) is 67.4 Å². The molecule has 1 saturated carbocycles. The minimum absolute atomic E-state index is 0.0298. The second-order valence-corrected chi connectivity index (χ2v) is 14.7. The zero-order valence-electron chi connectivity index (χ0n) is 25.0. The summed E-state index contributed by atoms with van der Waals surface area (Å²) in [6.07, 6.45) is 5.39. The Kier molecular flexibility index (Phi) is 6.59. The molecule has 6 heterocycles. The van der Waals surface area contributed by atoms with E-state index in [1.807, 2.05) is 34.6 Å². The lowest BCUT2D eigenvalue weighted by molar-refractivity contribution is 0.0516. The second kappa shape index (κ2) is 10.6. The zero-order chi connectivity index (χ0) is 30.3. The van der Waals surface area contributed by atoms with Gasteiger partial charge in [0.2, 0.25) is 0 Å². The third kappa shape index (κ3) is 4.63. The first-order valence-corrected chi connectivity index (χ1v) is 17.2. The lowest BCUT2D eigenvalue weighted by Crippen LogP contribution is -2.64. The molecule has 5 atom stereocenters. The second-order valence-electron chi connectivity index (χ2n) is 13.4. The van der Waals surface area contributed by atoms with Crippen molar-refractivity contribution in [2.75, 3.05) is 50.9 Å². The average molecular weight is 633 g/mol. The van der Waals surface area contributed by atoms with Crippen LogP contribution in [0.5, 0.6) is 11.8 Å². The fraction of sp³-hybridized carbons (Fsp3) is 0.515. The maximum atomic E-state index is 14.8.